The fraction of sp³-hybridized carbons (Fsp3) is 0.214. The molecule has 1 aromatic rings. The van der Waals surface area contributed by atoms with E-state index in [1.165, 1.54) is 0 Å². The summed E-state index contributed by atoms with van der Waals surface area (Å²) in [6.45, 7) is -0.338. The second-order valence-electron chi connectivity index (χ2n) is 3.80. The highest BCUT2D eigenvalue weighted by Crippen LogP contribution is 2.02. The largest absolute Gasteiger partial charge is 0.478 e. The van der Waals surface area contributed by atoms with E-state index in [-0.39, 0.29) is 18.8 Å². The third kappa shape index (κ3) is 6.78. The Balaban J connectivity index is 2.25. The number of carbonyl (C=O) groups is 3. The van der Waals surface area contributed by atoms with Crippen LogP contribution in [0.2, 0.25) is 0 Å². The molecule has 5 nitrogen and oxygen atoms in total. The number of hydrogen-bond acceptors (Lipinski definition) is 4. The van der Waals surface area contributed by atoms with Gasteiger partial charge in [0.1, 0.15) is 6.61 Å². The molecule has 19 heavy (non-hydrogen) atoms. The fourth-order valence-corrected chi connectivity index (χ4v) is 1.34. The van der Waals surface area contributed by atoms with Crippen LogP contribution >= 0.6 is 0 Å². The highest BCUT2D eigenvalue weighted by molar-refractivity contribution is 5.92. The molecule has 0 unspecified atom stereocenters. The lowest BCUT2D eigenvalue weighted by Gasteiger charge is -2.02. The van der Waals surface area contributed by atoms with E-state index in [1.807, 2.05) is 30.3 Å². The molecule has 0 aliphatic heterocycles. The second-order valence-corrected chi connectivity index (χ2v) is 3.80. The smallest absolute Gasteiger partial charge is 0.331 e. The Morgan fingerprint density at radius 2 is 1.79 bits per heavy atom. The summed E-state index contributed by atoms with van der Waals surface area (Å²) in [4.78, 5) is 32.6. The third-order valence-electron chi connectivity index (χ3n) is 2.27. The number of Topliss-reactive ketones (excluding diaryl/α,β-unsaturated/α-hetero) is 1. The summed E-state index contributed by atoms with van der Waals surface area (Å²) in [6, 6.07) is 9.48. The van der Waals surface area contributed by atoms with Crippen molar-refractivity contribution in [3.8, 4) is 0 Å². The first-order valence-corrected chi connectivity index (χ1v) is 5.71. The van der Waals surface area contributed by atoms with Crippen molar-refractivity contribution in [2.45, 2.75) is 12.8 Å². The lowest BCUT2D eigenvalue weighted by atomic mass is 10.1. The molecule has 0 saturated carbocycles. The minimum Gasteiger partial charge on any atom is -0.478 e. The van der Waals surface area contributed by atoms with Gasteiger partial charge in [-0.3, -0.25) is 4.79 Å². The zero-order chi connectivity index (χ0) is 14.1. The SMILES string of the molecule is O=C(O)/C=C/C(=O)OCC(=O)CCc1ccccc1. The molecule has 0 heterocycles. The predicted octanol–water partition coefficient (Wildman–Crippen LogP) is 1.37. The Kier molecular flexibility index (Phi) is 6.02. The molecular formula is C14H14O5. The van der Waals surface area contributed by atoms with Crippen LogP contribution in [0.4, 0.5) is 0 Å². The number of ether oxygens (including phenoxy) is 1. The lowest BCUT2D eigenvalue weighted by Crippen LogP contribution is -2.13. The van der Waals surface area contributed by atoms with Crippen molar-refractivity contribution in [1.82, 2.24) is 0 Å². The summed E-state index contributed by atoms with van der Waals surface area (Å²) in [5.74, 6) is -2.29. The minimum absolute atomic E-state index is 0.207. The number of benzene rings is 1. The van der Waals surface area contributed by atoms with Crippen LogP contribution in [0.3, 0.4) is 0 Å². The molecule has 0 aliphatic rings. The number of carboxylic acid groups (broad SMARTS) is 1. The normalized spacial score (nSPS) is 10.3. The molecule has 0 fully saturated rings. The van der Waals surface area contributed by atoms with Crippen LogP contribution in [-0.2, 0) is 25.5 Å². The molecule has 0 aromatic heterocycles. The summed E-state index contributed by atoms with van der Waals surface area (Å²) in [6.07, 6.45) is 2.30. The summed E-state index contributed by atoms with van der Waals surface area (Å²) < 4.78 is 4.60. The second kappa shape index (κ2) is 7.81. The molecular weight excluding hydrogens is 248 g/mol. The van der Waals surface area contributed by atoms with Crippen LogP contribution in [0.15, 0.2) is 42.5 Å². The summed E-state index contributed by atoms with van der Waals surface area (Å²) in [5, 5.41) is 8.29. The molecule has 100 valence electrons. The highest BCUT2D eigenvalue weighted by Gasteiger charge is 2.06. The van der Waals surface area contributed by atoms with Gasteiger partial charge in [0.15, 0.2) is 5.78 Å². The number of aliphatic carboxylic acids is 1. The number of ketones is 1. The average Bonchev–Trinajstić information content (AvgIpc) is 2.41. The van der Waals surface area contributed by atoms with Crippen molar-refractivity contribution in [2.24, 2.45) is 0 Å². The van der Waals surface area contributed by atoms with Crippen LogP contribution in [0.25, 0.3) is 0 Å². The van der Waals surface area contributed by atoms with Gasteiger partial charge < -0.3 is 9.84 Å². The van der Waals surface area contributed by atoms with Crippen molar-refractivity contribution in [3.63, 3.8) is 0 Å². The summed E-state index contributed by atoms with van der Waals surface area (Å²) in [5.41, 5.74) is 1.04. The van der Waals surface area contributed by atoms with Gasteiger partial charge in [-0.15, -0.1) is 0 Å². The molecule has 1 aromatic carbocycles. The van der Waals surface area contributed by atoms with Gasteiger partial charge in [0.05, 0.1) is 0 Å². The standard InChI is InChI=1S/C14H14O5/c15-12(7-6-11-4-2-1-3-5-11)10-19-14(18)9-8-13(16)17/h1-5,8-9H,6-7,10H2,(H,16,17)/b9-8+. The minimum atomic E-state index is -1.24. The number of rotatable bonds is 7. The van der Waals surface area contributed by atoms with Crippen LogP contribution in [0.5, 0.6) is 0 Å². The lowest BCUT2D eigenvalue weighted by molar-refractivity contribution is -0.143. The Labute approximate surface area is 110 Å². The van der Waals surface area contributed by atoms with Crippen LogP contribution in [0, 0.1) is 0 Å². The van der Waals surface area contributed by atoms with Gasteiger partial charge in [-0.1, -0.05) is 30.3 Å². The molecule has 0 aliphatic carbocycles. The quantitative estimate of drug-likeness (QED) is 0.593. The number of hydrogen-bond donors (Lipinski definition) is 1. The van der Waals surface area contributed by atoms with Gasteiger partial charge in [-0.05, 0) is 12.0 Å². The van der Waals surface area contributed by atoms with Gasteiger partial charge in [0.2, 0.25) is 0 Å². The first-order chi connectivity index (χ1) is 9.08. The van der Waals surface area contributed by atoms with E-state index in [0.717, 1.165) is 11.6 Å². The number of carbonyl (C=O) groups excluding carboxylic acids is 2. The maximum Gasteiger partial charge on any atom is 0.331 e. The van der Waals surface area contributed by atoms with Crippen LogP contribution < -0.4 is 0 Å². The van der Waals surface area contributed by atoms with E-state index in [9.17, 15) is 14.4 Å². The monoisotopic (exact) mass is 262 g/mol. The Morgan fingerprint density at radius 3 is 2.42 bits per heavy atom. The van der Waals surface area contributed by atoms with Crippen LogP contribution in [-0.4, -0.2) is 29.4 Å². The maximum absolute atomic E-state index is 11.4. The third-order valence-corrected chi connectivity index (χ3v) is 2.27. The predicted molar refractivity (Wildman–Crippen MR) is 67.5 cm³/mol. The van der Waals surface area contributed by atoms with Gasteiger partial charge in [0, 0.05) is 18.6 Å². The van der Waals surface area contributed by atoms with Gasteiger partial charge in [0.25, 0.3) is 0 Å². The first-order valence-electron chi connectivity index (χ1n) is 5.71. The number of esters is 1. The van der Waals surface area contributed by atoms with Crippen LogP contribution in [0.1, 0.15) is 12.0 Å². The Hall–Kier alpha value is -2.43. The van der Waals surface area contributed by atoms with E-state index in [0.29, 0.717) is 12.5 Å². The highest BCUT2D eigenvalue weighted by atomic mass is 16.5. The Morgan fingerprint density at radius 1 is 1.11 bits per heavy atom. The summed E-state index contributed by atoms with van der Waals surface area (Å²) >= 11 is 0. The number of carboxylic acids is 1. The number of aryl methyl sites for hydroxylation is 1. The topological polar surface area (TPSA) is 80.7 Å². The van der Waals surface area contributed by atoms with E-state index in [2.05, 4.69) is 4.74 Å². The first kappa shape index (κ1) is 14.6. The van der Waals surface area contributed by atoms with E-state index < -0.39 is 11.9 Å². The molecule has 0 bridgehead atoms. The molecule has 1 N–H and O–H groups in total. The molecule has 0 spiro atoms. The van der Waals surface area contributed by atoms with Gasteiger partial charge in [-0.2, -0.15) is 0 Å². The van der Waals surface area contributed by atoms with Gasteiger partial charge >= 0.3 is 11.9 Å². The van der Waals surface area contributed by atoms with E-state index in [4.69, 9.17) is 5.11 Å². The van der Waals surface area contributed by atoms with Gasteiger partial charge in [-0.25, -0.2) is 9.59 Å². The Bertz CT molecular complexity index is 476. The van der Waals surface area contributed by atoms with E-state index >= 15 is 0 Å². The maximum atomic E-state index is 11.4. The van der Waals surface area contributed by atoms with Crippen molar-refractivity contribution in [1.29, 1.82) is 0 Å². The van der Waals surface area contributed by atoms with E-state index in [1.54, 1.807) is 0 Å². The molecule has 0 saturated heterocycles. The van der Waals surface area contributed by atoms with Crippen molar-refractivity contribution >= 4 is 17.7 Å². The van der Waals surface area contributed by atoms with Crippen molar-refractivity contribution < 1.29 is 24.2 Å². The molecule has 5 heteroatoms. The molecule has 0 amide bonds. The zero-order valence-corrected chi connectivity index (χ0v) is 10.2. The zero-order valence-electron chi connectivity index (χ0n) is 10.2. The molecule has 0 atom stereocenters. The average molecular weight is 262 g/mol. The summed E-state index contributed by atoms with van der Waals surface area (Å²) in [7, 11) is 0. The molecule has 0 radical (unpaired) electrons. The van der Waals surface area contributed by atoms with Crippen molar-refractivity contribution in [2.75, 3.05) is 6.61 Å². The fourth-order valence-electron chi connectivity index (χ4n) is 1.34. The van der Waals surface area contributed by atoms with Crippen molar-refractivity contribution in [3.05, 3.63) is 48.0 Å². The molecule has 1 rings (SSSR count).